The molecule has 0 heterocycles. The second-order valence-electron chi connectivity index (χ2n) is 3.64. The lowest BCUT2D eigenvalue weighted by Crippen LogP contribution is -2.26. The van der Waals surface area contributed by atoms with Crippen molar-refractivity contribution in [2.24, 2.45) is 0 Å². The number of halogens is 4. The van der Waals surface area contributed by atoms with Gasteiger partial charge in [-0.2, -0.15) is 0 Å². The summed E-state index contributed by atoms with van der Waals surface area (Å²) < 4.78 is 59.0. The van der Waals surface area contributed by atoms with Gasteiger partial charge in [0.25, 0.3) is 0 Å². The predicted molar refractivity (Wildman–Crippen MR) is 61.2 cm³/mol. The van der Waals surface area contributed by atoms with Crippen LogP contribution < -0.4 is 4.90 Å². The molecule has 0 aliphatic heterocycles. The van der Waals surface area contributed by atoms with Gasteiger partial charge in [0.2, 0.25) is 0 Å². The van der Waals surface area contributed by atoms with E-state index in [1.54, 1.807) is 13.8 Å². The van der Waals surface area contributed by atoms with Crippen molar-refractivity contribution in [1.82, 2.24) is 0 Å². The zero-order valence-electron chi connectivity index (χ0n) is 10.7. The molecule has 0 unspecified atom stereocenters. The molecule has 3 nitrogen and oxygen atoms in total. The molecule has 1 aromatic rings. The summed E-state index contributed by atoms with van der Waals surface area (Å²) in [6.45, 7) is 3.46. The molecule has 7 heteroatoms. The van der Waals surface area contributed by atoms with Gasteiger partial charge in [-0.05, 0) is 13.8 Å². The van der Waals surface area contributed by atoms with Gasteiger partial charge in [-0.15, -0.1) is 0 Å². The Morgan fingerprint density at radius 1 is 1.00 bits per heavy atom. The van der Waals surface area contributed by atoms with Crippen molar-refractivity contribution in [3.8, 4) is 0 Å². The standard InChI is InChI=1S/C12H13F4NO2/c1-4-17(5-2)11-9(15)7(13)6(12(18)19-3)8(14)10(11)16/h4-5H2,1-3H3. The summed E-state index contributed by atoms with van der Waals surface area (Å²) in [7, 11) is 0.856. The lowest BCUT2D eigenvalue weighted by Gasteiger charge is -2.23. The van der Waals surface area contributed by atoms with Gasteiger partial charge >= 0.3 is 5.97 Å². The van der Waals surface area contributed by atoms with Gasteiger partial charge in [-0.3, -0.25) is 0 Å². The van der Waals surface area contributed by atoms with Gasteiger partial charge in [-0.25, -0.2) is 22.4 Å². The molecule has 1 aromatic carbocycles. The van der Waals surface area contributed by atoms with E-state index in [0.717, 1.165) is 12.0 Å². The Balaban J connectivity index is 3.60. The van der Waals surface area contributed by atoms with Crippen LogP contribution in [0.4, 0.5) is 23.2 Å². The third-order valence-corrected chi connectivity index (χ3v) is 2.71. The minimum Gasteiger partial charge on any atom is -0.465 e. The number of methoxy groups -OCH3 is 1. The SMILES string of the molecule is CCN(CC)c1c(F)c(F)c(C(=O)OC)c(F)c1F. The molecule has 19 heavy (non-hydrogen) atoms. The molecule has 0 atom stereocenters. The van der Waals surface area contributed by atoms with Gasteiger partial charge in [0, 0.05) is 13.1 Å². The molecule has 106 valence electrons. The zero-order valence-corrected chi connectivity index (χ0v) is 10.7. The van der Waals surface area contributed by atoms with Crippen molar-refractivity contribution < 1.29 is 27.1 Å². The van der Waals surface area contributed by atoms with Crippen LogP contribution in [0, 0.1) is 23.3 Å². The Bertz CT molecular complexity index is 472. The van der Waals surface area contributed by atoms with E-state index >= 15 is 0 Å². The van der Waals surface area contributed by atoms with E-state index < -0.39 is 40.5 Å². The van der Waals surface area contributed by atoms with Gasteiger partial charge in [-0.1, -0.05) is 0 Å². The average molecular weight is 279 g/mol. The molecule has 0 amide bonds. The highest BCUT2D eigenvalue weighted by atomic mass is 19.2. The summed E-state index contributed by atoms with van der Waals surface area (Å²) >= 11 is 0. The molecule has 0 aromatic heterocycles. The first-order valence-electron chi connectivity index (χ1n) is 5.59. The number of nitrogens with zero attached hydrogens (tertiary/aromatic N) is 1. The number of carbonyl (C=O) groups excluding carboxylic acids is 1. The number of hydrogen-bond donors (Lipinski definition) is 0. The molecule has 0 aliphatic rings. The van der Waals surface area contributed by atoms with E-state index in [1.807, 2.05) is 0 Å². The maximum atomic E-state index is 13.8. The van der Waals surface area contributed by atoms with Gasteiger partial charge in [0.15, 0.2) is 23.3 Å². The Morgan fingerprint density at radius 3 is 1.74 bits per heavy atom. The third-order valence-electron chi connectivity index (χ3n) is 2.71. The van der Waals surface area contributed by atoms with E-state index in [0.29, 0.717) is 0 Å². The van der Waals surface area contributed by atoms with Crippen LogP contribution in [-0.2, 0) is 4.74 Å². The number of ether oxygens (including phenoxy) is 1. The molecule has 0 bridgehead atoms. The average Bonchev–Trinajstić information content (AvgIpc) is 2.41. The lowest BCUT2D eigenvalue weighted by molar-refractivity contribution is 0.0587. The van der Waals surface area contributed by atoms with Crippen LogP contribution >= 0.6 is 0 Å². The van der Waals surface area contributed by atoms with Gasteiger partial charge in [0.1, 0.15) is 11.3 Å². The third kappa shape index (κ3) is 2.50. The van der Waals surface area contributed by atoms with Crippen LogP contribution in [0.3, 0.4) is 0 Å². The van der Waals surface area contributed by atoms with Crippen molar-refractivity contribution in [1.29, 1.82) is 0 Å². The van der Waals surface area contributed by atoms with E-state index in [9.17, 15) is 22.4 Å². The molecule has 0 aliphatic carbocycles. The first-order valence-corrected chi connectivity index (χ1v) is 5.59. The first-order chi connectivity index (χ1) is 8.90. The summed E-state index contributed by atoms with van der Waals surface area (Å²) in [6, 6.07) is 0. The monoisotopic (exact) mass is 279 g/mol. The topological polar surface area (TPSA) is 29.5 Å². The molecule has 0 N–H and O–H groups in total. The molecule has 0 saturated heterocycles. The number of hydrogen-bond acceptors (Lipinski definition) is 3. The summed E-state index contributed by atoms with van der Waals surface area (Å²) in [5.41, 5.74) is -2.19. The normalized spacial score (nSPS) is 10.5. The number of carbonyl (C=O) groups is 1. The van der Waals surface area contributed by atoms with Crippen LogP contribution in [0.2, 0.25) is 0 Å². The maximum Gasteiger partial charge on any atom is 0.344 e. The summed E-state index contributed by atoms with van der Waals surface area (Å²) in [6.07, 6.45) is 0. The van der Waals surface area contributed by atoms with Gasteiger partial charge < -0.3 is 9.64 Å². The highest BCUT2D eigenvalue weighted by Crippen LogP contribution is 2.31. The predicted octanol–water partition coefficient (Wildman–Crippen LogP) is 2.88. The second kappa shape index (κ2) is 5.90. The Labute approximate surface area is 107 Å². The number of anilines is 1. The quantitative estimate of drug-likeness (QED) is 0.482. The van der Waals surface area contributed by atoms with Crippen LogP contribution in [-0.4, -0.2) is 26.2 Å². The molecular weight excluding hydrogens is 266 g/mol. The fourth-order valence-corrected chi connectivity index (χ4v) is 1.72. The number of benzene rings is 1. The fraction of sp³-hybridized carbons (Fsp3) is 0.417. The minimum absolute atomic E-state index is 0.154. The molecule has 0 saturated carbocycles. The Hall–Kier alpha value is -1.79. The van der Waals surface area contributed by atoms with Crippen LogP contribution in [0.1, 0.15) is 24.2 Å². The molecule has 0 fully saturated rings. The first kappa shape index (κ1) is 15.3. The number of rotatable bonds is 4. The largest absolute Gasteiger partial charge is 0.465 e. The molecule has 1 rings (SSSR count). The van der Waals surface area contributed by atoms with Crippen molar-refractivity contribution >= 4 is 11.7 Å². The maximum absolute atomic E-state index is 13.8. The van der Waals surface area contributed by atoms with Gasteiger partial charge in [0.05, 0.1) is 7.11 Å². The van der Waals surface area contributed by atoms with E-state index in [2.05, 4.69) is 4.74 Å². The summed E-state index contributed by atoms with van der Waals surface area (Å²) in [5, 5.41) is 0. The number of esters is 1. The fourth-order valence-electron chi connectivity index (χ4n) is 1.72. The Morgan fingerprint density at radius 2 is 1.42 bits per heavy atom. The zero-order chi connectivity index (χ0) is 14.7. The van der Waals surface area contributed by atoms with Crippen molar-refractivity contribution in [2.75, 3.05) is 25.1 Å². The van der Waals surface area contributed by atoms with Crippen LogP contribution in [0.15, 0.2) is 0 Å². The molecule has 0 spiro atoms. The van der Waals surface area contributed by atoms with E-state index in [-0.39, 0.29) is 13.1 Å². The Kier molecular flexibility index (Phi) is 4.74. The lowest BCUT2D eigenvalue weighted by atomic mass is 10.1. The summed E-state index contributed by atoms with van der Waals surface area (Å²) in [5.74, 6) is -8.20. The van der Waals surface area contributed by atoms with Crippen LogP contribution in [0.25, 0.3) is 0 Å². The smallest absolute Gasteiger partial charge is 0.344 e. The second-order valence-corrected chi connectivity index (χ2v) is 3.64. The minimum atomic E-state index is -1.76. The summed E-state index contributed by atoms with van der Waals surface area (Å²) in [4.78, 5) is 12.2. The van der Waals surface area contributed by atoms with Crippen LogP contribution in [0.5, 0.6) is 0 Å². The van der Waals surface area contributed by atoms with Crippen molar-refractivity contribution in [3.05, 3.63) is 28.8 Å². The highest BCUT2D eigenvalue weighted by Gasteiger charge is 2.31. The molecule has 0 radical (unpaired) electrons. The van der Waals surface area contributed by atoms with Crippen molar-refractivity contribution in [3.63, 3.8) is 0 Å². The molecular formula is C12H13F4NO2. The highest BCUT2D eigenvalue weighted by molar-refractivity contribution is 5.90. The van der Waals surface area contributed by atoms with E-state index in [1.165, 1.54) is 0 Å². The van der Waals surface area contributed by atoms with Crippen molar-refractivity contribution in [2.45, 2.75) is 13.8 Å². The van der Waals surface area contributed by atoms with E-state index in [4.69, 9.17) is 0 Å².